The highest BCUT2D eigenvalue weighted by molar-refractivity contribution is 5.89. The predicted octanol–water partition coefficient (Wildman–Crippen LogP) is 4.50. The van der Waals surface area contributed by atoms with E-state index in [2.05, 4.69) is 19.1 Å². The third-order valence-corrected chi connectivity index (χ3v) is 4.97. The van der Waals surface area contributed by atoms with Crippen LogP contribution in [-0.4, -0.2) is 31.1 Å². The lowest BCUT2D eigenvalue weighted by molar-refractivity contribution is -0.143. The molecule has 1 aromatic carbocycles. The molecule has 0 aromatic heterocycles. The minimum atomic E-state index is -0.260. The molecule has 25 heavy (non-hydrogen) atoms. The molecular formula is C21H28O4. The van der Waals surface area contributed by atoms with Crippen molar-refractivity contribution in [3.8, 4) is 0 Å². The normalized spacial score (nSPS) is 28.4. The molecule has 0 amide bonds. The lowest BCUT2D eigenvalue weighted by atomic mass is 9.88. The van der Waals surface area contributed by atoms with Gasteiger partial charge in [0.05, 0.1) is 18.3 Å². The smallest absolute Gasteiger partial charge is 0.338 e. The fourth-order valence-electron chi connectivity index (χ4n) is 3.53. The van der Waals surface area contributed by atoms with Crippen molar-refractivity contribution in [3.63, 3.8) is 0 Å². The molecule has 4 nitrogen and oxygen atoms in total. The molecule has 1 aromatic rings. The fraction of sp³-hybridized carbons (Fsp3) is 0.571. The first-order valence-corrected chi connectivity index (χ1v) is 9.46. The summed E-state index contributed by atoms with van der Waals surface area (Å²) in [4.78, 5) is 12.4. The molecule has 2 heterocycles. The number of hydrogen-bond donors (Lipinski definition) is 0. The molecule has 2 aliphatic heterocycles. The van der Waals surface area contributed by atoms with Gasteiger partial charge in [0.2, 0.25) is 0 Å². The first-order valence-electron chi connectivity index (χ1n) is 9.46. The summed E-state index contributed by atoms with van der Waals surface area (Å²) >= 11 is 0. The van der Waals surface area contributed by atoms with Crippen LogP contribution in [0, 0.1) is 5.92 Å². The number of ether oxygens (including phenoxy) is 3. The predicted molar refractivity (Wildman–Crippen MR) is 96.3 cm³/mol. The van der Waals surface area contributed by atoms with Crippen molar-refractivity contribution < 1.29 is 19.0 Å². The summed E-state index contributed by atoms with van der Waals surface area (Å²) in [6.07, 6.45) is 10.4. The standard InChI is InChI=1S/C21H28O4/c1-2-3-4-5-6-10-13-17-18(14-20-23-15-19(17)24-20)25-21(22)16-11-8-7-9-12-16/h6-12,17-20H,2-5,13-15H2,1H3/b10-6-/t17-,18+,19+,20+/m0/s1. The summed E-state index contributed by atoms with van der Waals surface area (Å²) in [5.41, 5.74) is 0.594. The zero-order chi connectivity index (χ0) is 17.5. The third kappa shape index (κ3) is 4.93. The van der Waals surface area contributed by atoms with Gasteiger partial charge in [0.1, 0.15) is 6.10 Å². The van der Waals surface area contributed by atoms with Gasteiger partial charge in [-0.3, -0.25) is 0 Å². The van der Waals surface area contributed by atoms with Crippen LogP contribution >= 0.6 is 0 Å². The molecule has 0 saturated carbocycles. The number of carbonyl (C=O) groups is 1. The number of carbonyl (C=O) groups excluding carboxylic acids is 1. The molecule has 0 unspecified atom stereocenters. The van der Waals surface area contributed by atoms with E-state index in [0.717, 1.165) is 12.8 Å². The molecule has 0 spiro atoms. The van der Waals surface area contributed by atoms with E-state index in [9.17, 15) is 4.79 Å². The van der Waals surface area contributed by atoms with E-state index < -0.39 is 0 Å². The number of benzene rings is 1. The van der Waals surface area contributed by atoms with Gasteiger partial charge in [-0.15, -0.1) is 0 Å². The van der Waals surface area contributed by atoms with Crippen LogP contribution in [0.1, 0.15) is 55.8 Å². The quantitative estimate of drug-likeness (QED) is 0.396. The first-order chi connectivity index (χ1) is 12.3. The molecule has 0 radical (unpaired) electrons. The third-order valence-electron chi connectivity index (χ3n) is 4.97. The molecule has 4 heteroatoms. The van der Waals surface area contributed by atoms with Crippen molar-refractivity contribution in [1.29, 1.82) is 0 Å². The molecule has 0 N–H and O–H groups in total. The molecular weight excluding hydrogens is 316 g/mol. The summed E-state index contributed by atoms with van der Waals surface area (Å²) in [7, 11) is 0. The lowest BCUT2D eigenvalue weighted by Crippen LogP contribution is -2.42. The topological polar surface area (TPSA) is 44.8 Å². The Hall–Kier alpha value is -1.65. The number of rotatable bonds is 8. The Morgan fingerprint density at radius 3 is 2.88 bits per heavy atom. The molecule has 3 rings (SSSR count). The van der Waals surface area contributed by atoms with Crippen LogP contribution < -0.4 is 0 Å². The van der Waals surface area contributed by atoms with Gasteiger partial charge in [-0.05, 0) is 31.4 Å². The van der Waals surface area contributed by atoms with Crippen molar-refractivity contribution in [1.82, 2.24) is 0 Å². The van der Waals surface area contributed by atoms with Crippen LogP contribution in [0.3, 0.4) is 0 Å². The van der Waals surface area contributed by atoms with Crippen LogP contribution in [0.2, 0.25) is 0 Å². The summed E-state index contributed by atoms with van der Waals surface area (Å²) in [5, 5.41) is 0. The Balaban J connectivity index is 1.58. The van der Waals surface area contributed by atoms with Crippen molar-refractivity contribution in [3.05, 3.63) is 48.0 Å². The summed E-state index contributed by atoms with van der Waals surface area (Å²) in [6, 6.07) is 9.17. The minimum Gasteiger partial charge on any atom is -0.458 e. The van der Waals surface area contributed by atoms with Crippen molar-refractivity contribution in [2.24, 2.45) is 5.92 Å². The van der Waals surface area contributed by atoms with E-state index >= 15 is 0 Å². The van der Waals surface area contributed by atoms with Gasteiger partial charge in [0.25, 0.3) is 0 Å². The maximum Gasteiger partial charge on any atom is 0.338 e. The molecule has 2 aliphatic rings. The summed E-state index contributed by atoms with van der Waals surface area (Å²) < 4.78 is 17.4. The molecule has 2 bridgehead atoms. The number of esters is 1. The molecule has 136 valence electrons. The lowest BCUT2D eigenvalue weighted by Gasteiger charge is -2.34. The monoisotopic (exact) mass is 344 g/mol. The second-order valence-electron chi connectivity index (χ2n) is 6.85. The van der Waals surface area contributed by atoms with Crippen LogP contribution in [0.4, 0.5) is 0 Å². The average Bonchev–Trinajstić information content (AvgIpc) is 3.03. The van der Waals surface area contributed by atoms with Gasteiger partial charge in [-0.2, -0.15) is 0 Å². The molecule has 2 saturated heterocycles. The maximum atomic E-state index is 12.4. The first kappa shape index (κ1) is 18.2. The number of hydrogen-bond acceptors (Lipinski definition) is 4. The zero-order valence-corrected chi connectivity index (χ0v) is 14.9. The SMILES string of the molecule is CCCCC/C=C\C[C@H]1[C@H](OC(=O)c2ccccc2)C[C@@H]2OC[C@H]1O2. The largest absolute Gasteiger partial charge is 0.458 e. The van der Waals surface area contributed by atoms with Crippen LogP contribution in [0.15, 0.2) is 42.5 Å². The van der Waals surface area contributed by atoms with E-state index in [1.54, 1.807) is 12.1 Å². The van der Waals surface area contributed by atoms with Crippen molar-refractivity contribution in [2.75, 3.05) is 6.61 Å². The van der Waals surface area contributed by atoms with E-state index in [0.29, 0.717) is 18.6 Å². The highest BCUT2D eigenvalue weighted by atomic mass is 16.7. The Bertz CT molecular complexity index is 569. The average molecular weight is 344 g/mol. The molecule has 4 atom stereocenters. The minimum absolute atomic E-state index is 0.0209. The van der Waals surface area contributed by atoms with Crippen LogP contribution in [0.5, 0.6) is 0 Å². The highest BCUT2D eigenvalue weighted by Gasteiger charge is 2.45. The fourth-order valence-corrected chi connectivity index (χ4v) is 3.53. The molecule has 0 aliphatic carbocycles. The Morgan fingerprint density at radius 1 is 1.24 bits per heavy atom. The number of allylic oxidation sites excluding steroid dienone is 2. The van der Waals surface area contributed by atoms with Gasteiger partial charge >= 0.3 is 5.97 Å². The Morgan fingerprint density at radius 2 is 2.08 bits per heavy atom. The second-order valence-corrected chi connectivity index (χ2v) is 6.85. The van der Waals surface area contributed by atoms with Crippen molar-refractivity contribution in [2.45, 2.75) is 63.9 Å². The van der Waals surface area contributed by atoms with Gasteiger partial charge in [0, 0.05) is 12.3 Å². The van der Waals surface area contributed by atoms with Gasteiger partial charge in [-0.1, -0.05) is 50.1 Å². The van der Waals surface area contributed by atoms with Crippen molar-refractivity contribution >= 4 is 5.97 Å². The second kappa shape index (κ2) is 9.16. The van der Waals surface area contributed by atoms with E-state index in [1.165, 1.54) is 19.3 Å². The van der Waals surface area contributed by atoms with E-state index in [1.807, 2.05) is 18.2 Å². The highest BCUT2D eigenvalue weighted by Crippen LogP contribution is 2.36. The summed E-state index contributed by atoms with van der Waals surface area (Å²) in [5.74, 6) is -0.0994. The Labute approximate surface area is 150 Å². The summed E-state index contributed by atoms with van der Waals surface area (Å²) in [6.45, 7) is 2.81. The van der Waals surface area contributed by atoms with Crippen LogP contribution in [-0.2, 0) is 14.2 Å². The van der Waals surface area contributed by atoms with Gasteiger partial charge < -0.3 is 14.2 Å². The number of fused-ring (bicyclic) bond motifs is 2. The van der Waals surface area contributed by atoms with Crippen LogP contribution in [0.25, 0.3) is 0 Å². The Kier molecular flexibility index (Phi) is 6.65. The van der Waals surface area contributed by atoms with E-state index in [4.69, 9.17) is 14.2 Å². The zero-order valence-electron chi connectivity index (χ0n) is 14.9. The number of unbranched alkanes of at least 4 members (excludes halogenated alkanes) is 3. The molecule has 2 fully saturated rings. The van der Waals surface area contributed by atoms with Gasteiger partial charge in [-0.25, -0.2) is 4.79 Å². The van der Waals surface area contributed by atoms with Gasteiger partial charge in [0.15, 0.2) is 6.29 Å². The maximum absolute atomic E-state index is 12.4. The van der Waals surface area contributed by atoms with E-state index in [-0.39, 0.29) is 30.4 Å².